The Balaban J connectivity index is 4.19. The van der Waals surface area contributed by atoms with E-state index in [0.717, 1.165) is 9.80 Å². The van der Waals surface area contributed by atoms with Crippen LogP contribution in [0.15, 0.2) is 12.2 Å². The van der Waals surface area contributed by atoms with E-state index in [0.29, 0.717) is 0 Å². The molecule has 0 radical (unpaired) electrons. The molecule has 9 N–H and O–H groups in total. The Morgan fingerprint density at radius 3 is 1.43 bits per heavy atom. The molecule has 490 valence electrons. The van der Waals surface area contributed by atoms with Crippen LogP contribution in [0.4, 0.5) is 0 Å². The summed E-state index contributed by atoms with van der Waals surface area (Å²) in [5.74, 6) is -11.9. The van der Waals surface area contributed by atoms with Crippen molar-refractivity contribution in [1.29, 1.82) is 0 Å². The number of carbonyl (C=O) groups excluding carboxylic acids is 11. The molecule has 25 heteroatoms. The normalized spacial score (nSPS) is 26.3. The van der Waals surface area contributed by atoms with Gasteiger partial charge < -0.3 is 67.0 Å². The van der Waals surface area contributed by atoms with Gasteiger partial charge in [0.25, 0.3) is 0 Å². The van der Waals surface area contributed by atoms with E-state index in [-0.39, 0.29) is 75.0 Å². The molecule has 0 aliphatic carbocycles. The summed E-state index contributed by atoms with van der Waals surface area (Å²) >= 11 is 0. The van der Waals surface area contributed by atoms with Crippen LogP contribution in [-0.4, -0.2) is 202 Å². The Bertz CT molecular complexity index is 2360. The molecular formula is C61H107N11O14. The van der Waals surface area contributed by atoms with E-state index in [2.05, 4.69) is 37.2 Å². The van der Waals surface area contributed by atoms with Crippen LogP contribution in [0.3, 0.4) is 0 Å². The van der Waals surface area contributed by atoms with Gasteiger partial charge in [0.05, 0.1) is 12.6 Å². The van der Waals surface area contributed by atoms with Crippen molar-refractivity contribution in [2.45, 2.75) is 229 Å². The Kier molecular flexibility index (Phi) is 32.8. The monoisotopic (exact) mass is 1220 g/mol. The SMILES string of the molecule is CC[C@@H]1NC(=O)C([C@H](O)[C@H](C)C/C=C/CCC(=O)O)NC(=O)[C@H](C(C)C)N(C)C(=O)[C@H](CC(C)C)NC(=O)[C@@H](CC(C)C)N(C)C(=O)[C@@H](C)NC(=O)[C@H](C)NC(=O)[C@H](CC(C)C)N(C)C(=O)[C@H](C(C)C)NC(=O)[C@H](CC(C)C)N(C)C(=O)CNC1=O. The number of aliphatic hydroxyl groups excluding tert-OH is 1. The minimum absolute atomic E-state index is 0.0405. The summed E-state index contributed by atoms with van der Waals surface area (Å²) in [5.41, 5.74) is 0. The van der Waals surface area contributed by atoms with Crippen molar-refractivity contribution in [3.63, 3.8) is 0 Å². The number of aliphatic carboxylic acids is 1. The molecule has 0 aromatic carbocycles. The number of carboxylic acid groups (broad SMARTS) is 1. The lowest BCUT2D eigenvalue weighted by molar-refractivity contribution is -0.147. The van der Waals surface area contributed by atoms with E-state index >= 15 is 0 Å². The third-order valence-corrected chi connectivity index (χ3v) is 15.3. The summed E-state index contributed by atoms with van der Waals surface area (Å²) in [6, 6.07) is -12.9. The van der Waals surface area contributed by atoms with Crippen molar-refractivity contribution in [3.05, 3.63) is 12.2 Å². The van der Waals surface area contributed by atoms with Gasteiger partial charge in [0, 0.05) is 34.6 Å². The van der Waals surface area contributed by atoms with Crippen LogP contribution >= 0.6 is 0 Å². The van der Waals surface area contributed by atoms with Gasteiger partial charge in [-0.3, -0.25) is 57.5 Å². The zero-order valence-corrected chi connectivity index (χ0v) is 55.0. The van der Waals surface area contributed by atoms with Gasteiger partial charge in [-0.15, -0.1) is 0 Å². The van der Waals surface area contributed by atoms with E-state index in [9.17, 15) is 62.6 Å². The lowest BCUT2D eigenvalue weighted by Crippen LogP contribution is -2.63. The number of amides is 11. The lowest BCUT2D eigenvalue weighted by atomic mass is 9.92. The maximum Gasteiger partial charge on any atom is 0.303 e. The molecule has 12 atom stereocenters. The van der Waals surface area contributed by atoms with E-state index in [1.54, 1.807) is 53.7 Å². The minimum atomic E-state index is -1.76. The summed E-state index contributed by atoms with van der Waals surface area (Å²) in [6.45, 7) is 26.8. The molecule has 1 saturated heterocycles. The molecule has 1 fully saturated rings. The zero-order valence-electron chi connectivity index (χ0n) is 55.0. The van der Waals surface area contributed by atoms with Crippen LogP contribution in [0, 0.1) is 41.4 Å². The van der Waals surface area contributed by atoms with Gasteiger partial charge >= 0.3 is 5.97 Å². The van der Waals surface area contributed by atoms with Crippen LogP contribution in [0.2, 0.25) is 0 Å². The van der Waals surface area contributed by atoms with E-state index in [4.69, 9.17) is 5.11 Å². The van der Waals surface area contributed by atoms with Crippen LogP contribution in [0.5, 0.6) is 0 Å². The number of nitrogens with zero attached hydrogens (tertiary/aromatic N) is 4. The molecule has 1 aliphatic rings. The van der Waals surface area contributed by atoms with Gasteiger partial charge in [0.1, 0.15) is 60.4 Å². The number of likely N-dealkylation sites (N-methyl/N-ethyl adjacent to an activating group) is 4. The van der Waals surface area contributed by atoms with Crippen molar-refractivity contribution < 1.29 is 67.7 Å². The van der Waals surface area contributed by atoms with Gasteiger partial charge in [-0.1, -0.05) is 109 Å². The molecule has 0 spiro atoms. The fourth-order valence-corrected chi connectivity index (χ4v) is 10.1. The van der Waals surface area contributed by atoms with Gasteiger partial charge in [-0.2, -0.15) is 0 Å². The molecule has 1 unspecified atom stereocenters. The van der Waals surface area contributed by atoms with Crippen LogP contribution in [-0.2, 0) is 57.5 Å². The zero-order chi connectivity index (χ0) is 66.4. The fraction of sp³-hybridized carbons (Fsp3) is 0.770. The maximum absolute atomic E-state index is 14.8. The molecule has 1 heterocycles. The summed E-state index contributed by atoms with van der Waals surface area (Å²) in [6.07, 6.45) is 2.21. The summed E-state index contributed by atoms with van der Waals surface area (Å²) in [7, 11) is 5.55. The topological polar surface area (TPSA) is 342 Å². The second-order valence-electron chi connectivity index (χ2n) is 25.6. The van der Waals surface area contributed by atoms with Crippen LogP contribution < -0.4 is 37.2 Å². The number of rotatable bonds is 18. The van der Waals surface area contributed by atoms with Gasteiger partial charge in [-0.25, -0.2) is 0 Å². The highest BCUT2D eigenvalue weighted by atomic mass is 16.4. The number of allylic oxidation sites excluding steroid dienone is 2. The molecule has 86 heavy (non-hydrogen) atoms. The fourth-order valence-electron chi connectivity index (χ4n) is 10.1. The first-order chi connectivity index (χ1) is 39.8. The standard InChI is InChI=1S/C61H107N11O14/c1-21-41-53(78)62-31-46(73)69(17)43(28-33(4)5)56(81)67-48(36(10)11)61(86)71(19)44(29-34(6)7)54(79)63-39(15)52(77)64-40(16)59(84)70(18)45(30-35(8)9)55(80)66-42(27-32(2)3)60(85)72(20)50(37(12)13)58(83)68-49(57(82)65-41)51(76)38(14)25-23-22-24-26-47(74)75/h22-23,32-45,48-51,76H,21,24-31H2,1-20H3,(H,62,78)(H,63,79)(H,64,77)(H,65,82)(H,66,80)(H,67,81)(H,68,83)(H,74,75)/b23-22+/t38-,39+,40-,41+,42+,43+,44+,45-,48+,49?,50+,51-/m1/s1. The second-order valence-corrected chi connectivity index (χ2v) is 25.6. The molecule has 1 rings (SSSR count). The Labute approximate surface area is 510 Å². The summed E-state index contributed by atoms with van der Waals surface area (Å²) < 4.78 is 0. The number of hydrogen-bond donors (Lipinski definition) is 9. The molecule has 0 aromatic heterocycles. The van der Waals surface area contributed by atoms with Crippen molar-refractivity contribution in [2.75, 3.05) is 34.7 Å². The van der Waals surface area contributed by atoms with Crippen LogP contribution in [0.25, 0.3) is 0 Å². The molecule has 11 amide bonds. The van der Waals surface area contributed by atoms with Crippen molar-refractivity contribution >= 4 is 70.9 Å². The lowest BCUT2D eigenvalue weighted by Gasteiger charge is -2.36. The predicted molar refractivity (Wildman–Crippen MR) is 326 cm³/mol. The van der Waals surface area contributed by atoms with Gasteiger partial charge in [0.2, 0.25) is 65.0 Å². The third kappa shape index (κ3) is 24.2. The number of hydrogen-bond acceptors (Lipinski definition) is 13. The summed E-state index contributed by atoms with van der Waals surface area (Å²) in [4.78, 5) is 173. The number of carboxylic acids is 1. The third-order valence-electron chi connectivity index (χ3n) is 15.3. The first-order valence-corrected chi connectivity index (χ1v) is 30.5. The highest BCUT2D eigenvalue weighted by Gasteiger charge is 2.42. The Morgan fingerprint density at radius 2 is 0.953 bits per heavy atom. The van der Waals surface area contributed by atoms with Crippen molar-refractivity contribution in [1.82, 2.24) is 56.8 Å². The van der Waals surface area contributed by atoms with Gasteiger partial charge in [-0.05, 0) is 100 Å². The number of carbonyl (C=O) groups is 12. The largest absolute Gasteiger partial charge is 0.481 e. The van der Waals surface area contributed by atoms with Gasteiger partial charge in [0.15, 0.2) is 0 Å². The Hall–Kier alpha value is -6.66. The first-order valence-electron chi connectivity index (χ1n) is 30.5. The number of aliphatic hydroxyl groups is 1. The Morgan fingerprint density at radius 1 is 0.500 bits per heavy atom. The molecule has 0 aromatic rings. The average molecular weight is 1220 g/mol. The van der Waals surface area contributed by atoms with Crippen molar-refractivity contribution in [2.24, 2.45) is 41.4 Å². The summed E-state index contributed by atoms with van der Waals surface area (Å²) in [5, 5.41) is 39.8. The molecule has 0 saturated carbocycles. The number of nitrogens with one attached hydrogen (secondary N) is 7. The smallest absolute Gasteiger partial charge is 0.303 e. The van der Waals surface area contributed by atoms with Crippen LogP contribution in [0.1, 0.15) is 162 Å². The first kappa shape index (κ1) is 77.4. The van der Waals surface area contributed by atoms with E-state index < -0.39 is 162 Å². The molecule has 25 nitrogen and oxygen atoms in total. The molecule has 1 aliphatic heterocycles. The van der Waals surface area contributed by atoms with Crippen molar-refractivity contribution in [3.8, 4) is 0 Å². The highest BCUT2D eigenvalue weighted by molar-refractivity contribution is 5.99. The van der Waals surface area contributed by atoms with E-state index in [1.165, 1.54) is 51.8 Å². The minimum Gasteiger partial charge on any atom is -0.481 e. The second kappa shape index (κ2) is 36.5. The van der Waals surface area contributed by atoms with E-state index in [1.807, 2.05) is 55.4 Å². The molecule has 0 bridgehead atoms. The average Bonchev–Trinajstić information content (AvgIpc) is 2.63. The molecular weight excluding hydrogens is 1110 g/mol. The predicted octanol–water partition coefficient (Wildman–Crippen LogP) is 2.09. The highest BCUT2D eigenvalue weighted by Crippen LogP contribution is 2.22. The maximum atomic E-state index is 14.8. The quantitative estimate of drug-likeness (QED) is 0.0888.